The van der Waals surface area contributed by atoms with Gasteiger partial charge in [0.2, 0.25) is 0 Å². The molecule has 0 aliphatic rings. The molecule has 0 aliphatic heterocycles. The Kier molecular flexibility index (Phi) is 6.64. The second-order valence-electron chi connectivity index (χ2n) is 5.97. The highest BCUT2D eigenvalue weighted by molar-refractivity contribution is 7.14. The standard InChI is InChI=1S/C20H19N3OS.C2H6/c1-11-8-9-14(10-16(11)12(2)24)19-13(3)25-20(23-19)18(22)15-6-4-5-7-17(15)21;1-2/h4-10,22H,21H2,1-3H3;1-2H3. The molecule has 3 aromatic rings. The van der Waals surface area contributed by atoms with Crippen molar-refractivity contribution in [2.24, 2.45) is 0 Å². The zero-order valence-corrected chi connectivity index (χ0v) is 17.2. The van der Waals surface area contributed by atoms with Gasteiger partial charge in [0.1, 0.15) is 5.01 Å². The molecule has 0 atom stereocenters. The smallest absolute Gasteiger partial charge is 0.160 e. The van der Waals surface area contributed by atoms with Gasteiger partial charge in [-0.05, 0) is 38.5 Å². The highest BCUT2D eigenvalue weighted by Crippen LogP contribution is 2.30. The topological polar surface area (TPSA) is 79.8 Å². The average Bonchev–Trinajstić information content (AvgIpc) is 3.05. The molecule has 27 heavy (non-hydrogen) atoms. The number of aryl methyl sites for hydroxylation is 2. The molecule has 3 N–H and O–H groups in total. The molecular weight excluding hydrogens is 354 g/mol. The monoisotopic (exact) mass is 379 g/mol. The van der Waals surface area contributed by atoms with Crippen molar-refractivity contribution in [2.75, 3.05) is 5.73 Å². The first-order valence-electron chi connectivity index (χ1n) is 8.91. The van der Waals surface area contributed by atoms with Gasteiger partial charge >= 0.3 is 0 Å². The number of aromatic nitrogens is 1. The summed E-state index contributed by atoms with van der Waals surface area (Å²) in [6.07, 6.45) is 0. The van der Waals surface area contributed by atoms with Gasteiger partial charge in [0.25, 0.3) is 0 Å². The Hall–Kier alpha value is -2.79. The Balaban J connectivity index is 0.00000126. The zero-order chi connectivity index (χ0) is 20.1. The lowest BCUT2D eigenvalue weighted by Gasteiger charge is -2.06. The van der Waals surface area contributed by atoms with Crippen molar-refractivity contribution >= 4 is 28.5 Å². The molecule has 0 spiro atoms. The number of rotatable bonds is 4. The molecule has 2 aromatic carbocycles. The van der Waals surface area contributed by atoms with Crippen LogP contribution in [0.3, 0.4) is 0 Å². The number of thiazole rings is 1. The first-order chi connectivity index (χ1) is 12.9. The number of nitrogens with one attached hydrogen (secondary N) is 1. The van der Waals surface area contributed by atoms with Crippen LogP contribution >= 0.6 is 11.3 Å². The minimum atomic E-state index is 0.0391. The number of para-hydroxylation sites is 1. The Morgan fingerprint density at radius 1 is 1.07 bits per heavy atom. The van der Waals surface area contributed by atoms with Gasteiger partial charge in [-0.15, -0.1) is 11.3 Å². The molecule has 1 heterocycles. The summed E-state index contributed by atoms with van der Waals surface area (Å²) < 4.78 is 0. The van der Waals surface area contributed by atoms with Crippen LogP contribution in [0, 0.1) is 19.3 Å². The zero-order valence-electron chi connectivity index (χ0n) is 16.4. The molecule has 0 radical (unpaired) electrons. The summed E-state index contributed by atoms with van der Waals surface area (Å²) in [5, 5.41) is 9.06. The fraction of sp³-hybridized carbons (Fsp3) is 0.227. The molecule has 0 amide bonds. The van der Waals surface area contributed by atoms with E-state index in [0.717, 1.165) is 21.7 Å². The van der Waals surface area contributed by atoms with Gasteiger partial charge < -0.3 is 5.73 Å². The van der Waals surface area contributed by atoms with Gasteiger partial charge in [-0.3, -0.25) is 10.2 Å². The maximum Gasteiger partial charge on any atom is 0.160 e. The molecule has 0 saturated heterocycles. The number of carbonyl (C=O) groups excluding carboxylic acids is 1. The molecule has 0 unspecified atom stereocenters. The van der Waals surface area contributed by atoms with Crippen LogP contribution in [0.15, 0.2) is 42.5 Å². The maximum absolute atomic E-state index is 11.8. The van der Waals surface area contributed by atoms with E-state index in [1.54, 1.807) is 13.0 Å². The van der Waals surface area contributed by atoms with E-state index in [2.05, 4.69) is 4.98 Å². The highest BCUT2D eigenvalue weighted by atomic mass is 32.1. The summed E-state index contributed by atoms with van der Waals surface area (Å²) in [6.45, 7) is 9.47. The van der Waals surface area contributed by atoms with E-state index in [-0.39, 0.29) is 5.78 Å². The van der Waals surface area contributed by atoms with Gasteiger partial charge in [0.15, 0.2) is 5.78 Å². The second-order valence-corrected chi connectivity index (χ2v) is 7.18. The number of nitrogens with zero attached hydrogens (tertiary/aromatic N) is 1. The van der Waals surface area contributed by atoms with Crippen LogP contribution < -0.4 is 5.73 Å². The number of ketones is 1. The van der Waals surface area contributed by atoms with Crippen LogP contribution in [0.5, 0.6) is 0 Å². The fourth-order valence-corrected chi connectivity index (χ4v) is 3.66. The first kappa shape index (κ1) is 20.5. The van der Waals surface area contributed by atoms with Crippen LogP contribution in [-0.4, -0.2) is 16.5 Å². The van der Waals surface area contributed by atoms with Crippen molar-refractivity contribution in [1.29, 1.82) is 5.41 Å². The van der Waals surface area contributed by atoms with Crippen LogP contribution in [-0.2, 0) is 0 Å². The number of benzene rings is 2. The van der Waals surface area contributed by atoms with E-state index >= 15 is 0 Å². The number of carbonyl (C=O) groups is 1. The second kappa shape index (κ2) is 8.73. The Labute approximate surface area is 164 Å². The largest absolute Gasteiger partial charge is 0.398 e. The highest BCUT2D eigenvalue weighted by Gasteiger charge is 2.17. The number of hydrogen-bond acceptors (Lipinski definition) is 5. The molecule has 3 rings (SSSR count). The summed E-state index contributed by atoms with van der Waals surface area (Å²) in [5.74, 6) is 0.0391. The number of nitrogens with two attached hydrogens (primary N) is 1. The summed E-state index contributed by atoms with van der Waals surface area (Å²) >= 11 is 1.46. The Bertz CT molecular complexity index is 989. The van der Waals surface area contributed by atoms with E-state index in [9.17, 15) is 4.79 Å². The third-order valence-corrected chi connectivity index (χ3v) is 5.12. The number of anilines is 1. The molecular formula is C22H25N3OS. The van der Waals surface area contributed by atoms with Gasteiger partial charge in [0, 0.05) is 27.3 Å². The molecule has 0 aliphatic carbocycles. The minimum absolute atomic E-state index is 0.0391. The van der Waals surface area contributed by atoms with E-state index in [1.165, 1.54) is 11.3 Å². The lowest BCUT2D eigenvalue weighted by molar-refractivity contribution is 0.101. The van der Waals surface area contributed by atoms with Crippen LogP contribution in [0.4, 0.5) is 5.69 Å². The molecule has 1 aromatic heterocycles. The van der Waals surface area contributed by atoms with Crippen LogP contribution in [0.1, 0.15) is 52.1 Å². The molecule has 0 bridgehead atoms. The lowest BCUT2D eigenvalue weighted by atomic mass is 10.0. The third-order valence-electron chi connectivity index (χ3n) is 4.13. The normalized spacial score (nSPS) is 10.1. The van der Waals surface area contributed by atoms with E-state index in [0.29, 0.717) is 27.5 Å². The predicted molar refractivity (Wildman–Crippen MR) is 115 cm³/mol. The van der Waals surface area contributed by atoms with Crippen LogP contribution in [0.25, 0.3) is 11.3 Å². The summed E-state index contributed by atoms with van der Waals surface area (Å²) in [6, 6.07) is 13.1. The number of hydrogen-bond donors (Lipinski definition) is 2. The van der Waals surface area contributed by atoms with Gasteiger partial charge in [-0.1, -0.05) is 44.2 Å². The molecule has 4 nitrogen and oxygen atoms in total. The fourth-order valence-electron chi connectivity index (χ4n) is 2.76. The Morgan fingerprint density at radius 2 is 1.74 bits per heavy atom. The molecule has 0 fully saturated rings. The number of nitrogen functional groups attached to an aromatic ring is 1. The van der Waals surface area contributed by atoms with Gasteiger partial charge in [-0.2, -0.15) is 0 Å². The maximum atomic E-state index is 11.8. The average molecular weight is 380 g/mol. The molecule has 140 valence electrons. The van der Waals surface area contributed by atoms with Crippen LogP contribution in [0.2, 0.25) is 0 Å². The predicted octanol–water partition coefficient (Wildman–Crippen LogP) is 5.65. The van der Waals surface area contributed by atoms with Crippen molar-refractivity contribution in [1.82, 2.24) is 4.98 Å². The van der Waals surface area contributed by atoms with E-state index in [4.69, 9.17) is 11.1 Å². The summed E-state index contributed by atoms with van der Waals surface area (Å²) in [4.78, 5) is 17.5. The van der Waals surface area contributed by atoms with Crippen molar-refractivity contribution in [3.8, 4) is 11.3 Å². The SMILES string of the molecule is CC.CC(=O)c1cc(-c2nc(C(=N)c3ccccc3N)sc2C)ccc1C. The van der Waals surface area contributed by atoms with Gasteiger partial charge in [-0.25, -0.2) is 4.98 Å². The van der Waals surface area contributed by atoms with E-state index < -0.39 is 0 Å². The van der Waals surface area contributed by atoms with E-state index in [1.807, 2.05) is 64.1 Å². The lowest BCUT2D eigenvalue weighted by Crippen LogP contribution is -2.04. The Morgan fingerprint density at radius 3 is 2.37 bits per heavy atom. The minimum Gasteiger partial charge on any atom is -0.398 e. The first-order valence-corrected chi connectivity index (χ1v) is 9.73. The third kappa shape index (κ3) is 4.31. The molecule has 5 heteroatoms. The van der Waals surface area contributed by atoms with Crippen molar-refractivity contribution < 1.29 is 4.79 Å². The van der Waals surface area contributed by atoms with Crippen molar-refractivity contribution in [2.45, 2.75) is 34.6 Å². The van der Waals surface area contributed by atoms with Crippen molar-refractivity contribution in [3.05, 3.63) is 69.0 Å². The summed E-state index contributed by atoms with van der Waals surface area (Å²) in [7, 11) is 0. The van der Waals surface area contributed by atoms with Gasteiger partial charge in [0.05, 0.1) is 11.4 Å². The van der Waals surface area contributed by atoms with Crippen molar-refractivity contribution in [3.63, 3.8) is 0 Å². The number of Topliss-reactive ketones (excluding diaryl/α,β-unsaturated/α-hetero) is 1. The summed E-state index contributed by atoms with van der Waals surface area (Å²) in [5.41, 5.74) is 10.9. The molecule has 0 saturated carbocycles. The quantitative estimate of drug-likeness (QED) is 0.349.